The molecule has 1 aliphatic rings. The first-order chi connectivity index (χ1) is 11.7. The molecule has 0 bridgehead atoms. The number of aryl methyl sites for hydroxylation is 1. The molecule has 4 nitrogen and oxygen atoms in total. The summed E-state index contributed by atoms with van der Waals surface area (Å²) >= 11 is 0. The summed E-state index contributed by atoms with van der Waals surface area (Å²) in [6.45, 7) is 6.02. The van der Waals surface area contributed by atoms with Crippen LogP contribution in [0, 0.1) is 5.92 Å². The number of benzene rings is 1. The molecule has 0 spiro atoms. The van der Waals surface area contributed by atoms with Gasteiger partial charge in [-0.15, -0.1) is 0 Å². The zero-order valence-electron chi connectivity index (χ0n) is 15.6. The number of nitrogens with zero attached hydrogens (tertiary/aromatic N) is 2. The van der Waals surface area contributed by atoms with Crippen molar-refractivity contribution < 1.29 is 4.74 Å². The molecule has 0 aromatic heterocycles. The number of guanidine groups is 1. The summed E-state index contributed by atoms with van der Waals surface area (Å²) in [5.41, 5.74) is 2.77. The predicted molar refractivity (Wildman–Crippen MR) is 102 cm³/mol. The normalized spacial score (nSPS) is 16.2. The maximum absolute atomic E-state index is 5.44. The summed E-state index contributed by atoms with van der Waals surface area (Å²) in [5, 5.41) is 3.49. The van der Waals surface area contributed by atoms with Crippen LogP contribution in [0.25, 0.3) is 0 Å². The third-order valence-corrected chi connectivity index (χ3v) is 4.92. The maximum atomic E-state index is 5.44. The average molecular weight is 332 g/mol. The Morgan fingerprint density at radius 1 is 1.21 bits per heavy atom. The van der Waals surface area contributed by atoms with Gasteiger partial charge in [0.15, 0.2) is 5.96 Å². The minimum Gasteiger partial charge on any atom is -0.381 e. The van der Waals surface area contributed by atoms with Crippen LogP contribution in [0.4, 0.5) is 0 Å². The summed E-state index contributed by atoms with van der Waals surface area (Å²) < 4.78 is 5.44. The highest BCUT2D eigenvalue weighted by molar-refractivity contribution is 5.79. The molecule has 0 saturated carbocycles. The summed E-state index contributed by atoms with van der Waals surface area (Å²) in [7, 11) is 3.99. The molecule has 1 aromatic rings. The lowest BCUT2D eigenvalue weighted by Crippen LogP contribution is -2.40. The molecular formula is C20H33N3O. The fraction of sp³-hybridized carbons (Fsp3) is 0.650. The SMILES string of the molecule is CCc1ccc(CCNC(=NC)N(C)CCC2CCOCC2)cc1. The van der Waals surface area contributed by atoms with E-state index in [2.05, 4.69) is 53.4 Å². The van der Waals surface area contributed by atoms with Gasteiger partial charge in [-0.05, 0) is 49.1 Å². The third kappa shape index (κ3) is 6.16. The summed E-state index contributed by atoms with van der Waals surface area (Å²) in [5.74, 6) is 1.80. The molecule has 1 saturated heterocycles. The highest BCUT2D eigenvalue weighted by Gasteiger charge is 2.15. The first-order valence-corrected chi connectivity index (χ1v) is 9.30. The number of rotatable bonds is 7. The Morgan fingerprint density at radius 2 is 1.88 bits per heavy atom. The highest BCUT2D eigenvalue weighted by atomic mass is 16.5. The van der Waals surface area contributed by atoms with Crippen LogP contribution in [-0.2, 0) is 17.6 Å². The Balaban J connectivity index is 1.70. The largest absolute Gasteiger partial charge is 0.381 e. The van der Waals surface area contributed by atoms with Gasteiger partial charge in [0.05, 0.1) is 0 Å². The van der Waals surface area contributed by atoms with Crippen molar-refractivity contribution >= 4 is 5.96 Å². The lowest BCUT2D eigenvalue weighted by Gasteiger charge is -2.26. The van der Waals surface area contributed by atoms with Crippen molar-refractivity contribution in [2.45, 2.75) is 39.0 Å². The lowest BCUT2D eigenvalue weighted by atomic mass is 9.96. The van der Waals surface area contributed by atoms with Crippen LogP contribution in [0.15, 0.2) is 29.3 Å². The van der Waals surface area contributed by atoms with E-state index in [0.29, 0.717) is 0 Å². The van der Waals surface area contributed by atoms with Crippen molar-refractivity contribution in [2.24, 2.45) is 10.9 Å². The van der Waals surface area contributed by atoms with Gasteiger partial charge in [0.25, 0.3) is 0 Å². The van der Waals surface area contributed by atoms with Crippen LogP contribution >= 0.6 is 0 Å². The molecule has 0 aliphatic carbocycles. The molecule has 1 N–H and O–H groups in total. The van der Waals surface area contributed by atoms with Gasteiger partial charge in [-0.2, -0.15) is 0 Å². The molecule has 24 heavy (non-hydrogen) atoms. The second-order valence-corrected chi connectivity index (χ2v) is 6.66. The maximum Gasteiger partial charge on any atom is 0.193 e. The van der Waals surface area contributed by atoms with E-state index >= 15 is 0 Å². The quantitative estimate of drug-likeness (QED) is 0.616. The third-order valence-electron chi connectivity index (χ3n) is 4.92. The molecule has 1 heterocycles. The Kier molecular flexibility index (Phi) is 8.10. The fourth-order valence-corrected chi connectivity index (χ4v) is 3.16. The monoisotopic (exact) mass is 331 g/mol. The molecule has 4 heteroatoms. The van der Waals surface area contributed by atoms with Gasteiger partial charge in [-0.25, -0.2) is 0 Å². The van der Waals surface area contributed by atoms with Crippen LogP contribution in [-0.4, -0.2) is 51.3 Å². The molecule has 134 valence electrons. The van der Waals surface area contributed by atoms with Gasteiger partial charge in [0.2, 0.25) is 0 Å². The lowest BCUT2D eigenvalue weighted by molar-refractivity contribution is 0.0625. The predicted octanol–water partition coefficient (Wildman–Crippen LogP) is 3.12. The van der Waals surface area contributed by atoms with E-state index in [0.717, 1.165) is 51.0 Å². The highest BCUT2D eigenvalue weighted by Crippen LogP contribution is 2.18. The fourth-order valence-electron chi connectivity index (χ4n) is 3.16. The first kappa shape index (κ1) is 18.8. The molecule has 1 aromatic carbocycles. The minimum absolute atomic E-state index is 0.802. The van der Waals surface area contributed by atoms with Crippen molar-refractivity contribution in [3.8, 4) is 0 Å². The summed E-state index contributed by atoms with van der Waals surface area (Å²) in [4.78, 5) is 6.66. The van der Waals surface area contributed by atoms with Crippen molar-refractivity contribution in [3.63, 3.8) is 0 Å². The number of hydrogen-bond donors (Lipinski definition) is 1. The van der Waals surface area contributed by atoms with Crippen molar-refractivity contribution in [3.05, 3.63) is 35.4 Å². The summed E-state index contributed by atoms with van der Waals surface area (Å²) in [6, 6.07) is 8.92. The van der Waals surface area contributed by atoms with Crippen molar-refractivity contribution in [2.75, 3.05) is 40.4 Å². The zero-order chi connectivity index (χ0) is 17.2. The van der Waals surface area contributed by atoms with Crippen LogP contribution < -0.4 is 5.32 Å². The summed E-state index contributed by atoms with van der Waals surface area (Å²) in [6.07, 6.45) is 5.75. The minimum atomic E-state index is 0.802. The molecule has 1 aliphatic heterocycles. The number of aliphatic imine (C=N–C) groups is 1. The number of hydrogen-bond acceptors (Lipinski definition) is 2. The van der Waals surface area contributed by atoms with E-state index in [9.17, 15) is 0 Å². The second-order valence-electron chi connectivity index (χ2n) is 6.66. The second kappa shape index (κ2) is 10.3. The average Bonchev–Trinajstić information content (AvgIpc) is 2.64. The van der Waals surface area contributed by atoms with E-state index in [4.69, 9.17) is 4.74 Å². The van der Waals surface area contributed by atoms with Crippen LogP contribution in [0.2, 0.25) is 0 Å². The van der Waals surface area contributed by atoms with E-state index in [1.54, 1.807) is 0 Å². The molecular weight excluding hydrogens is 298 g/mol. The van der Waals surface area contributed by atoms with Crippen LogP contribution in [0.1, 0.15) is 37.3 Å². The van der Waals surface area contributed by atoms with Crippen molar-refractivity contribution in [1.82, 2.24) is 10.2 Å². The van der Waals surface area contributed by atoms with Crippen molar-refractivity contribution in [1.29, 1.82) is 0 Å². The molecule has 1 fully saturated rings. The first-order valence-electron chi connectivity index (χ1n) is 9.30. The van der Waals surface area contributed by atoms with E-state index in [1.807, 2.05) is 7.05 Å². The van der Waals surface area contributed by atoms with Gasteiger partial charge >= 0.3 is 0 Å². The molecule has 2 rings (SSSR count). The standard InChI is InChI=1S/C20H33N3O/c1-4-17-5-7-18(8-6-17)9-13-22-20(21-2)23(3)14-10-19-11-15-24-16-12-19/h5-8,19H,4,9-16H2,1-3H3,(H,21,22). The number of nitrogens with one attached hydrogen (secondary N) is 1. The van der Waals surface area contributed by atoms with Gasteiger partial charge in [-0.3, -0.25) is 4.99 Å². The van der Waals surface area contributed by atoms with Gasteiger partial charge < -0.3 is 15.0 Å². The van der Waals surface area contributed by atoms with E-state index in [1.165, 1.54) is 30.4 Å². The molecule has 0 atom stereocenters. The van der Waals surface area contributed by atoms with E-state index < -0.39 is 0 Å². The Labute approximate surface area is 147 Å². The van der Waals surface area contributed by atoms with E-state index in [-0.39, 0.29) is 0 Å². The molecule has 0 radical (unpaired) electrons. The Morgan fingerprint density at radius 3 is 2.50 bits per heavy atom. The Bertz CT molecular complexity index is 492. The smallest absolute Gasteiger partial charge is 0.193 e. The topological polar surface area (TPSA) is 36.9 Å². The van der Waals surface area contributed by atoms with Gasteiger partial charge in [0, 0.05) is 40.4 Å². The Hall–Kier alpha value is -1.55. The molecule has 0 unspecified atom stereocenters. The number of ether oxygens (including phenoxy) is 1. The zero-order valence-corrected chi connectivity index (χ0v) is 15.6. The van der Waals surface area contributed by atoms with Gasteiger partial charge in [-0.1, -0.05) is 31.2 Å². The van der Waals surface area contributed by atoms with Gasteiger partial charge in [0.1, 0.15) is 0 Å². The van der Waals surface area contributed by atoms with Crippen LogP contribution in [0.3, 0.4) is 0 Å². The van der Waals surface area contributed by atoms with Crippen LogP contribution in [0.5, 0.6) is 0 Å². The molecule has 0 amide bonds.